The molecule has 0 aliphatic carbocycles. The van der Waals surface area contributed by atoms with E-state index in [0.717, 1.165) is 19.3 Å². The summed E-state index contributed by atoms with van der Waals surface area (Å²) >= 11 is 0. The van der Waals surface area contributed by atoms with Gasteiger partial charge in [0, 0.05) is 24.4 Å². The van der Waals surface area contributed by atoms with Gasteiger partial charge in [0.05, 0.1) is 0 Å². The van der Waals surface area contributed by atoms with Crippen LogP contribution in [0.2, 0.25) is 0 Å². The molecule has 0 fully saturated rings. The van der Waals surface area contributed by atoms with E-state index in [1.165, 1.54) is 12.2 Å². The maximum atomic E-state index is 12.0. The average Bonchev–Trinajstić information content (AvgIpc) is 2.58. The van der Waals surface area contributed by atoms with Gasteiger partial charge in [-0.25, -0.2) is 0 Å². The molecule has 130 valence electrons. The molecule has 0 bridgehead atoms. The number of allylic oxidation sites excluding steroid dienone is 2. The molecule has 1 unspecified atom stereocenters. The van der Waals surface area contributed by atoms with E-state index in [4.69, 9.17) is 0 Å². The largest absolute Gasteiger partial charge is 0.350 e. The van der Waals surface area contributed by atoms with Crippen molar-refractivity contribution >= 4 is 17.5 Å². The number of rotatable bonds is 11. The Labute approximate surface area is 144 Å². The Balaban J connectivity index is 2.24. The lowest BCUT2D eigenvalue weighted by atomic mass is 10.1. The van der Waals surface area contributed by atoms with E-state index in [9.17, 15) is 14.4 Å². The first-order chi connectivity index (χ1) is 11.5. The highest BCUT2D eigenvalue weighted by Gasteiger charge is 2.09. The third-order valence-electron chi connectivity index (χ3n) is 3.71. The number of carbonyl (C=O) groups excluding carboxylic acids is 3. The summed E-state index contributed by atoms with van der Waals surface area (Å²) in [7, 11) is 0. The van der Waals surface area contributed by atoms with Gasteiger partial charge in [-0.15, -0.1) is 0 Å². The van der Waals surface area contributed by atoms with Gasteiger partial charge in [0.25, 0.3) is 5.91 Å². The summed E-state index contributed by atoms with van der Waals surface area (Å²) in [6, 6.07) is 9.06. The highest BCUT2D eigenvalue weighted by molar-refractivity contribution is 5.98. The van der Waals surface area contributed by atoms with E-state index in [2.05, 4.69) is 5.32 Å². The van der Waals surface area contributed by atoms with Gasteiger partial charge in [-0.2, -0.15) is 0 Å². The molecule has 0 radical (unpaired) electrons. The molecule has 0 aliphatic rings. The van der Waals surface area contributed by atoms with Crippen molar-refractivity contribution in [2.75, 3.05) is 0 Å². The number of nitrogens with one attached hydrogen (secondary N) is 1. The molecule has 4 heteroatoms. The van der Waals surface area contributed by atoms with Crippen LogP contribution in [0.25, 0.3) is 0 Å². The molecule has 1 atom stereocenters. The SMILES string of the molecule is CCCCC(=O)/C=C/C(=O)CCCC(C)NC(=O)c1ccccc1. The van der Waals surface area contributed by atoms with Crippen LogP contribution in [0.3, 0.4) is 0 Å². The van der Waals surface area contributed by atoms with Crippen molar-refractivity contribution in [3.8, 4) is 0 Å². The van der Waals surface area contributed by atoms with Crippen LogP contribution in [0.15, 0.2) is 42.5 Å². The van der Waals surface area contributed by atoms with Crippen LogP contribution in [0.5, 0.6) is 0 Å². The highest BCUT2D eigenvalue weighted by atomic mass is 16.2. The standard InChI is InChI=1S/C20H27NO3/c1-3-4-12-18(22)14-15-19(23)13-8-9-16(2)21-20(24)17-10-6-5-7-11-17/h5-7,10-11,14-16H,3-4,8-9,12-13H2,1-2H3,(H,21,24)/b15-14+. The van der Waals surface area contributed by atoms with Gasteiger partial charge >= 0.3 is 0 Å². The fourth-order valence-electron chi connectivity index (χ4n) is 2.25. The maximum Gasteiger partial charge on any atom is 0.251 e. The minimum absolute atomic E-state index is 0.000622. The van der Waals surface area contributed by atoms with Crippen LogP contribution in [0, 0.1) is 0 Å². The van der Waals surface area contributed by atoms with E-state index in [-0.39, 0.29) is 23.5 Å². The molecule has 0 saturated carbocycles. The van der Waals surface area contributed by atoms with Crippen molar-refractivity contribution in [3.05, 3.63) is 48.0 Å². The van der Waals surface area contributed by atoms with Gasteiger partial charge in [0.2, 0.25) is 0 Å². The van der Waals surface area contributed by atoms with Gasteiger partial charge in [-0.05, 0) is 50.5 Å². The summed E-state index contributed by atoms with van der Waals surface area (Å²) in [5, 5.41) is 2.92. The van der Waals surface area contributed by atoms with E-state index < -0.39 is 0 Å². The van der Waals surface area contributed by atoms with Crippen LogP contribution in [0.1, 0.15) is 62.7 Å². The zero-order valence-electron chi connectivity index (χ0n) is 14.6. The topological polar surface area (TPSA) is 63.2 Å². The first-order valence-electron chi connectivity index (χ1n) is 8.62. The van der Waals surface area contributed by atoms with Crippen molar-refractivity contribution in [1.29, 1.82) is 0 Å². The smallest absolute Gasteiger partial charge is 0.251 e. The van der Waals surface area contributed by atoms with E-state index in [1.807, 2.05) is 32.0 Å². The quantitative estimate of drug-likeness (QED) is 0.627. The first kappa shape index (κ1) is 19.8. The Morgan fingerprint density at radius 3 is 2.17 bits per heavy atom. The zero-order valence-corrected chi connectivity index (χ0v) is 14.6. The number of benzene rings is 1. The van der Waals surface area contributed by atoms with Gasteiger partial charge < -0.3 is 5.32 Å². The summed E-state index contributed by atoms with van der Waals surface area (Å²) in [5.74, 6) is -0.133. The van der Waals surface area contributed by atoms with Crippen molar-refractivity contribution in [3.63, 3.8) is 0 Å². The second-order valence-electron chi connectivity index (χ2n) is 6.00. The Bertz CT molecular complexity index is 564. The van der Waals surface area contributed by atoms with E-state index >= 15 is 0 Å². The summed E-state index contributed by atoms with van der Waals surface area (Å²) < 4.78 is 0. The fourth-order valence-corrected chi connectivity index (χ4v) is 2.25. The molecule has 1 aromatic carbocycles. The lowest BCUT2D eigenvalue weighted by Gasteiger charge is -2.13. The van der Waals surface area contributed by atoms with Crippen molar-refractivity contribution in [1.82, 2.24) is 5.32 Å². The predicted molar refractivity (Wildman–Crippen MR) is 95.9 cm³/mol. The molecule has 1 aromatic rings. The van der Waals surface area contributed by atoms with Crippen molar-refractivity contribution < 1.29 is 14.4 Å². The van der Waals surface area contributed by atoms with Crippen LogP contribution in [-0.4, -0.2) is 23.5 Å². The first-order valence-corrected chi connectivity index (χ1v) is 8.62. The monoisotopic (exact) mass is 329 g/mol. The van der Waals surface area contributed by atoms with Gasteiger partial charge in [-0.1, -0.05) is 31.5 Å². The Morgan fingerprint density at radius 2 is 1.58 bits per heavy atom. The Hall–Kier alpha value is -2.23. The highest BCUT2D eigenvalue weighted by Crippen LogP contribution is 2.05. The molecule has 24 heavy (non-hydrogen) atoms. The maximum absolute atomic E-state index is 12.0. The molecule has 4 nitrogen and oxygen atoms in total. The number of hydrogen-bond donors (Lipinski definition) is 1. The minimum atomic E-state index is -0.101. The van der Waals surface area contributed by atoms with Gasteiger partial charge in [0.15, 0.2) is 11.6 Å². The molecule has 0 heterocycles. The number of ketones is 2. The van der Waals surface area contributed by atoms with Crippen LogP contribution < -0.4 is 5.32 Å². The molecular weight excluding hydrogens is 302 g/mol. The van der Waals surface area contributed by atoms with E-state index in [1.54, 1.807) is 12.1 Å². The Kier molecular flexibility index (Phi) is 9.35. The van der Waals surface area contributed by atoms with Crippen molar-refractivity contribution in [2.24, 2.45) is 0 Å². The number of amides is 1. The average molecular weight is 329 g/mol. The Morgan fingerprint density at radius 1 is 1.00 bits per heavy atom. The zero-order chi connectivity index (χ0) is 17.8. The molecular formula is C20H27NO3. The predicted octanol–water partition coefficient (Wildman–Crippen LogP) is 3.86. The minimum Gasteiger partial charge on any atom is -0.350 e. The normalized spacial score (nSPS) is 12.1. The summed E-state index contributed by atoms with van der Waals surface area (Å²) in [6.07, 6.45) is 6.90. The fraction of sp³-hybridized carbons (Fsp3) is 0.450. The molecule has 1 N–H and O–H groups in total. The third-order valence-corrected chi connectivity index (χ3v) is 3.71. The number of carbonyl (C=O) groups is 3. The van der Waals surface area contributed by atoms with Crippen LogP contribution in [0.4, 0.5) is 0 Å². The number of unbranched alkanes of at least 4 members (excludes halogenated alkanes) is 1. The number of hydrogen-bond acceptors (Lipinski definition) is 3. The van der Waals surface area contributed by atoms with Gasteiger partial charge in [-0.3, -0.25) is 14.4 Å². The molecule has 1 rings (SSSR count). The summed E-state index contributed by atoms with van der Waals surface area (Å²) in [4.78, 5) is 35.2. The lowest BCUT2D eigenvalue weighted by Crippen LogP contribution is -2.32. The van der Waals surface area contributed by atoms with Crippen molar-refractivity contribution in [2.45, 2.75) is 58.4 Å². The third kappa shape index (κ3) is 8.42. The second kappa shape index (κ2) is 11.3. The van der Waals surface area contributed by atoms with Crippen LogP contribution >= 0.6 is 0 Å². The molecule has 0 aliphatic heterocycles. The second-order valence-corrected chi connectivity index (χ2v) is 6.00. The molecule has 0 aromatic heterocycles. The van der Waals surface area contributed by atoms with Gasteiger partial charge in [0.1, 0.15) is 0 Å². The summed E-state index contributed by atoms with van der Waals surface area (Å²) in [6.45, 7) is 3.95. The van der Waals surface area contributed by atoms with E-state index in [0.29, 0.717) is 24.8 Å². The molecule has 0 spiro atoms. The summed E-state index contributed by atoms with van der Waals surface area (Å²) in [5.41, 5.74) is 0.633. The lowest BCUT2D eigenvalue weighted by molar-refractivity contribution is -0.116. The van der Waals surface area contributed by atoms with Crippen LogP contribution in [-0.2, 0) is 9.59 Å². The molecule has 0 saturated heterocycles. The molecule has 1 amide bonds.